The first kappa shape index (κ1) is 16.6. The van der Waals surface area contributed by atoms with Gasteiger partial charge in [-0.1, -0.05) is 48.5 Å². The van der Waals surface area contributed by atoms with Crippen LogP contribution in [0.5, 0.6) is 5.75 Å². The maximum absolute atomic E-state index is 9.31. The van der Waals surface area contributed by atoms with Crippen LogP contribution in [0.3, 0.4) is 0 Å². The number of fused-ring (bicyclic) bond motifs is 1. The number of ether oxygens (including phenoxy) is 1. The van der Waals surface area contributed by atoms with Crippen LogP contribution in [0.25, 0.3) is 5.57 Å². The monoisotopic (exact) mass is 355 g/mol. The predicted octanol–water partition coefficient (Wildman–Crippen LogP) is 3.24. The number of hydrogen-bond acceptors (Lipinski definition) is 6. The second kappa shape index (κ2) is 7.18. The van der Waals surface area contributed by atoms with Crippen LogP contribution in [0.15, 0.2) is 66.5 Å². The first-order chi connectivity index (χ1) is 13.3. The molecule has 0 atom stereocenters. The number of aromatic nitrogens is 2. The highest BCUT2D eigenvalue weighted by Gasteiger charge is 2.21. The van der Waals surface area contributed by atoms with Gasteiger partial charge in [-0.05, 0) is 22.8 Å². The van der Waals surface area contributed by atoms with Crippen molar-refractivity contribution in [2.24, 2.45) is 0 Å². The van der Waals surface area contributed by atoms with E-state index >= 15 is 0 Å². The van der Waals surface area contributed by atoms with Crippen molar-refractivity contribution < 1.29 is 4.74 Å². The van der Waals surface area contributed by atoms with E-state index in [1.165, 1.54) is 6.33 Å². The lowest BCUT2D eigenvalue weighted by Crippen LogP contribution is -2.19. The Balaban J connectivity index is 1.74. The summed E-state index contributed by atoms with van der Waals surface area (Å²) >= 11 is 0. The van der Waals surface area contributed by atoms with Gasteiger partial charge in [0.25, 0.3) is 0 Å². The van der Waals surface area contributed by atoms with Gasteiger partial charge in [0.15, 0.2) is 0 Å². The molecule has 1 aromatic heterocycles. The minimum Gasteiger partial charge on any atom is -0.489 e. The fourth-order valence-electron chi connectivity index (χ4n) is 3.16. The third kappa shape index (κ3) is 3.18. The molecule has 6 heteroatoms. The summed E-state index contributed by atoms with van der Waals surface area (Å²) in [6.45, 7) is 0.931. The lowest BCUT2D eigenvalue weighted by molar-refractivity contribution is 0.345. The van der Waals surface area contributed by atoms with Crippen molar-refractivity contribution >= 4 is 17.2 Å². The largest absolute Gasteiger partial charge is 0.489 e. The molecule has 6 nitrogen and oxygen atoms in total. The van der Waals surface area contributed by atoms with Gasteiger partial charge in [0.05, 0.1) is 0 Å². The van der Waals surface area contributed by atoms with E-state index in [-0.39, 0.29) is 11.4 Å². The third-order valence-corrected chi connectivity index (χ3v) is 4.43. The number of nitriles is 1. The second-order valence-electron chi connectivity index (χ2n) is 6.08. The average molecular weight is 355 g/mol. The van der Waals surface area contributed by atoms with Gasteiger partial charge in [-0.15, -0.1) is 0 Å². The molecule has 3 aromatic rings. The molecule has 1 aliphatic rings. The highest BCUT2D eigenvalue weighted by Crippen LogP contribution is 2.37. The van der Waals surface area contributed by atoms with Crippen molar-refractivity contribution in [1.29, 1.82) is 5.26 Å². The molecule has 2 heterocycles. The van der Waals surface area contributed by atoms with E-state index in [9.17, 15) is 5.26 Å². The zero-order chi connectivity index (χ0) is 18.6. The van der Waals surface area contributed by atoms with E-state index in [1.807, 2.05) is 36.4 Å². The molecule has 4 rings (SSSR count). The zero-order valence-electron chi connectivity index (χ0n) is 14.5. The normalized spacial score (nSPS) is 12.7. The molecule has 1 aliphatic heterocycles. The SMILES string of the molecule is N#Cc1c(N)ncnc1NCC1=C(c2ccccc2)c2ccccc2OC1. The number of nitrogens with zero attached hydrogens (tertiary/aromatic N) is 3. The summed E-state index contributed by atoms with van der Waals surface area (Å²) in [6.07, 6.45) is 1.34. The summed E-state index contributed by atoms with van der Waals surface area (Å²) in [5.74, 6) is 1.45. The van der Waals surface area contributed by atoms with Crippen LogP contribution in [0.2, 0.25) is 0 Å². The Morgan fingerprint density at radius 1 is 1.07 bits per heavy atom. The minimum atomic E-state index is 0.164. The van der Waals surface area contributed by atoms with Crippen molar-refractivity contribution in [1.82, 2.24) is 9.97 Å². The highest BCUT2D eigenvalue weighted by atomic mass is 16.5. The van der Waals surface area contributed by atoms with Crippen molar-refractivity contribution in [3.8, 4) is 11.8 Å². The standard InChI is InChI=1S/C21H17N5O/c22-10-17-20(23)25-13-26-21(17)24-11-15-12-27-18-9-5-4-8-16(18)19(15)14-6-2-1-3-7-14/h1-9,13H,11-12H2,(H3,23,24,25,26). The molecule has 0 spiro atoms. The van der Waals surface area contributed by atoms with Gasteiger partial charge < -0.3 is 15.8 Å². The lowest BCUT2D eigenvalue weighted by Gasteiger charge is -2.25. The van der Waals surface area contributed by atoms with Crippen LogP contribution in [-0.2, 0) is 0 Å². The fourth-order valence-corrected chi connectivity index (χ4v) is 3.16. The minimum absolute atomic E-state index is 0.164. The van der Waals surface area contributed by atoms with Gasteiger partial charge >= 0.3 is 0 Å². The number of para-hydroxylation sites is 1. The van der Waals surface area contributed by atoms with E-state index in [2.05, 4.69) is 39.6 Å². The van der Waals surface area contributed by atoms with Gasteiger partial charge in [-0.25, -0.2) is 9.97 Å². The maximum atomic E-state index is 9.31. The van der Waals surface area contributed by atoms with Crippen molar-refractivity contribution in [2.75, 3.05) is 24.2 Å². The summed E-state index contributed by atoms with van der Waals surface area (Å²) < 4.78 is 5.94. The number of nitrogens with two attached hydrogens (primary N) is 1. The summed E-state index contributed by atoms with van der Waals surface area (Å²) in [4.78, 5) is 8.01. The van der Waals surface area contributed by atoms with Crippen LogP contribution >= 0.6 is 0 Å². The van der Waals surface area contributed by atoms with Crippen LogP contribution in [0, 0.1) is 11.3 Å². The van der Waals surface area contributed by atoms with Crippen LogP contribution in [0.4, 0.5) is 11.6 Å². The first-order valence-corrected chi connectivity index (χ1v) is 8.52. The Kier molecular flexibility index (Phi) is 4.42. The molecule has 0 saturated carbocycles. The average Bonchev–Trinajstić information content (AvgIpc) is 2.72. The van der Waals surface area contributed by atoms with Crippen LogP contribution in [-0.4, -0.2) is 23.1 Å². The second-order valence-corrected chi connectivity index (χ2v) is 6.08. The summed E-state index contributed by atoms with van der Waals surface area (Å²) in [7, 11) is 0. The molecule has 0 aliphatic carbocycles. The fraction of sp³-hybridized carbons (Fsp3) is 0.0952. The molecule has 0 radical (unpaired) electrons. The van der Waals surface area contributed by atoms with Crippen molar-refractivity contribution in [2.45, 2.75) is 0 Å². The van der Waals surface area contributed by atoms with Crippen molar-refractivity contribution in [3.63, 3.8) is 0 Å². The molecule has 3 N–H and O–H groups in total. The number of nitrogens with one attached hydrogen (secondary N) is 1. The first-order valence-electron chi connectivity index (χ1n) is 8.52. The third-order valence-electron chi connectivity index (χ3n) is 4.43. The van der Waals surface area contributed by atoms with E-state index in [1.54, 1.807) is 0 Å². The molecule has 0 bridgehead atoms. The van der Waals surface area contributed by atoms with E-state index in [0.29, 0.717) is 19.0 Å². The van der Waals surface area contributed by atoms with E-state index in [0.717, 1.165) is 28.0 Å². The summed E-state index contributed by atoms with van der Waals surface area (Å²) in [6, 6.07) is 20.2. The summed E-state index contributed by atoms with van der Waals surface area (Å²) in [5.41, 5.74) is 10.4. The zero-order valence-corrected chi connectivity index (χ0v) is 14.5. The van der Waals surface area contributed by atoms with Crippen LogP contribution < -0.4 is 15.8 Å². The van der Waals surface area contributed by atoms with Crippen molar-refractivity contribution in [3.05, 3.63) is 83.2 Å². The molecule has 132 valence electrons. The maximum Gasteiger partial charge on any atom is 0.149 e. The molecule has 0 fully saturated rings. The molecule has 0 saturated heterocycles. The number of benzene rings is 2. The predicted molar refractivity (Wildman–Crippen MR) is 104 cm³/mol. The van der Waals surface area contributed by atoms with Gasteiger partial charge in [0.2, 0.25) is 0 Å². The molecular weight excluding hydrogens is 338 g/mol. The Labute approximate surface area is 157 Å². The topological polar surface area (TPSA) is 96.9 Å². The van der Waals surface area contributed by atoms with E-state index < -0.39 is 0 Å². The number of hydrogen-bond donors (Lipinski definition) is 2. The van der Waals surface area contributed by atoms with Crippen LogP contribution in [0.1, 0.15) is 16.7 Å². The Bertz CT molecular complexity index is 1050. The van der Waals surface area contributed by atoms with Gasteiger partial charge in [-0.2, -0.15) is 5.26 Å². The number of anilines is 2. The Hall–Kier alpha value is -3.85. The van der Waals surface area contributed by atoms with Gasteiger partial charge in [0, 0.05) is 12.1 Å². The number of nitrogen functional groups attached to an aromatic ring is 1. The van der Waals surface area contributed by atoms with E-state index in [4.69, 9.17) is 10.5 Å². The molecule has 27 heavy (non-hydrogen) atoms. The highest BCUT2D eigenvalue weighted by molar-refractivity contribution is 5.86. The lowest BCUT2D eigenvalue weighted by atomic mass is 9.91. The molecule has 2 aromatic carbocycles. The Morgan fingerprint density at radius 2 is 1.85 bits per heavy atom. The van der Waals surface area contributed by atoms with Gasteiger partial charge in [0.1, 0.15) is 42.0 Å². The Morgan fingerprint density at radius 3 is 2.67 bits per heavy atom. The smallest absolute Gasteiger partial charge is 0.149 e. The number of rotatable bonds is 4. The molecular formula is C21H17N5O. The van der Waals surface area contributed by atoms with Gasteiger partial charge in [-0.3, -0.25) is 0 Å². The molecule has 0 unspecified atom stereocenters. The summed E-state index contributed by atoms with van der Waals surface area (Å²) in [5, 5.41) is 12.5. The quantitative estimate of drug-likeness (QED) is 0.746. The molecule has 0 amide bonds.